The van der Waals surface area contributed by atoms with Crippen LogP contribution in [0.3, 0.4) is 0 Å². The molecule has 0 aromatic carbocycles. The Balaban J connectivity index is 1.60. The van der Waals surface area contributed by atoms with E-state index in [1.807, 2.05) is 0 Å². The van der Waals surface area contributed by atoms with Crippen molar-refractivity contribution in [1.82, 2.24) is 9.80 Å². The van der Waals surface area contributed by atoms with Crippen LogP contribution in [0.4, 0.5) is 0 Å². The molecule has 0 aliphatic carbocycles. The van der Waals surface area contributed by atoms with E-state index < -0.39 is 0 Å². The molecular weight excluding hydrogens is 196 g/mol. The highest BCUT2D eigenvalue weighted by molar-refractivity contribution is 4.97. The van der Waals surface area contributed by atoms with Crippen molar-refractivity contribution in [3.63, 3.8) is 0 Å². The molecule has 92 valence electrons. The van der Waals surface area contributed by atoms with Gasteiger partial charge < -0.3 is 9.80 Å². The molecule has 3 fully saturated rings. The molecule has 0 amide bonds. The zero-order chi connectivity index (χ0) is 11.1. The van der Waals surface area contributed by atoms with E-state index in [2.05, 4.69) is 23.8 Å². The van der Waals surface area contributed by atoms with Crippen molar-refractivity contribution in [3.8, 4) is 0 Å². The lowest BCUT2D eigenvalue weighted by molar-refractivity contribution is 0.0550. The largest absolute Gasteiger partial charge is 0.300 e. The van der Waals surface area contributed by atoms with Gasteiger partial charge in [0.2, 0.25) is 0 Å². The van der Waals surface area contributed by atoms with Gasteiger partial charge in [-0.1, -0.05) is 6.92 Å². The van der Waals surface area contributed by atoms with E-state index in [9.17, 15) is 0 Å². The molecule has 3 saturated heterocycles. The van der Waals surface area contributed by atoms with Crippen LogP contribution in [0.15, 0.2) is 0 Å². The number of piperidine rings is 2. The SMILES string of the molecule is CC1CCN(C2CC3CCC(C2)N3C)CC1. The average Bonchev–Trinajstić information content (AvgIpc) is 2.54. The predicted molar refractivity (Wildman–Crippen MR) is 67.6 cm³/mol. The molecule has 0 aromatic heterocycles. The van der Waals surface area contributed by atoms with E-state index in [0.717, 1.165) is 24.0 Å². The van der Waals surface area contributed by atoms with E-state index in [1.54, 1.807) is 0 Å². The molecule has 2 unspecified atom stereocenters. The van der Waals surface area contributed by atoms with Crippen LogP contribution in [0.2, 0.25) is 0 Å². The van der Waals surface area contributed by atoms with Gasteiger partial charge in [-0.25, -0.2) is 0 Å². The maximum atomic E-state index is 2.80. The quantitative estimate of drug-likeness (QED) is 0.672. The van der Waals surface area contributed by atoms with E-state index in [-0.39, 0.29) is 0 Å². The van der Waals surface area contributed by atoms with Gasteiger partial charge in [0, 0.05) is 18.1 Å². The Labute approximate surface area is 100.0 Å². The van der Waals surface area contributed by atoms with Crippen molar-refractivity contribution < 1.29 is 0 Å². The van der Waals surface area contributed by atoms with Gasteiger partial charge in [-0.05, 0) is 64.6 Å². The standard InChI is InChI=1S/C14H26N2/c1-11-5-7-16(8-6-11)14-9-12-3-4-13(10-14)15(12)2/h11-14H,3-10H2,1-2H3. The van der Waals surface area contributed by atoms with Crippen LogP contribution >= 0.6 is 0 Å². The molecule has 0 radical (unpaired) electrons. The first-order chi connectivity index (χ1) is 7.74. The van der Waals surface area contributed by atoms with Crippen LogP contribution in [0.1, 0.15) is 45.4 Å². The number of likely N-dealkylation sites (tertiary alicyclic amines) is 1. The molecule has 0 spiro atoms. The molecule has 3 aliphatic heterocycles. The van der Waals surface area contributed by atoms with Crippen LogP contribution in [-0.2, 0) is 0 Å². The van der Waals surface area contributed by atoms with Crippen LogP contribution in [0.5, 0.6) is 0 Å². The Kier molecular flexibility index (Phi) is 2.97. The molecule has 0 saturated carbocycles. The first-order valence-electron chi connectivity index (χ1n) is 7.20. The topological polar surface area (TPSA) is 6.48 Å². The summed E-state index contributed by atoms with van der Waals surface area (Å²) < 4.78 is 0. The molecule has 3 heterocycles. The van der Waals surface area contributed by atoms with Gasteiger partial charge in [-0.15, -0.1) is 0 Å². The van der Waals surface area contributed by atoms with Gasteiger partial charge >= 0.3 is 0 Å². The van der Waals surface area contributed by atoms with Crippen LogP contribution < -0.4 is 0 Å². The van der Waals surface area contributed by atoms with Crippen molar-refractivity contribution in [2.45, 2.75) is 63.6 Å². The van der Waals surface area contributed by atoms with Crippen LogP contribution in [0.25, 0.3) is 0 Å². The molecule has 2 heteroatoms. The Morgan fingerprint density at radius 2 is 1.38 bits per heavy atom. The summed E-state index contributed by atoms with van der Waals surface area (Å²) in [4.78, 5) is 5.46. The fourth-order valence-corrected chi connectivity index (χ4v) is 4.07. The summed E-state index contributed by atoms with van der Waals surface area (Å²) in [6.45, 7) is 5.15. The Hall–Kier alpha value is -0.0800. The summed E-state index contributed by atoms with van der Waals surface area (Å²) in [5.41, 5.74) is 0. The molecule has 2 bridgehead atoms. The lowest BCUT2D eigenvalue weighted by Gasteiger charge is -2.44. The summed E-state index contributed by atoms with van der Waals surface area (Å²) in [7, 11) is 2.34. The predicted octanol–water partition coefficient (Wildman–Crippen LogP) is 2.34. The van der Waals surface area contributed by atoms with Gasteiger partial charge in [0.05, 0.1) is 0 Å². The van der Waals surface area contributed by atoms with Crippen LogP contribution in [-0.4, -0.2) is 48.1 Å². The molecule has 16 heavy (non-hydrogen) atoms. The fourth-order valence-electron chi connectivity index (χ4n) is 4.07. The Morgan fingerprint density at radius 1 is 0.812 bits per heavy atom. The van der Waals surface area contributed by atoms with Crippen molar-refractivity contribution in [3.05, 3.63) is 0 Å². The fraction of sp³-hybridized carbons (Fsp3) is 1.00. The molecule has 3 aliphatic rings. The lowest BCUT2D eigenvalue weighted by Crippen LogP contribution is -2.50. The third-order valence-corrected chi connectivity index (χ3v) is 5.41. The summed E-state index contributed by atoms with van der Waals surface area (Å²) in [5.74, 6) is 0.972. The van der Waals surface area contributed by atoms with Crippen LogP contribution in [0, 0.1) is 5.92 Å². The van der Waals surface area contributed by atoms with Crippen molar-refractivity contribution in [1.29, 1.82) is 0 Å². The second kappa shape index (κ2) is 4.30. The smallest absolute Gasteiger partial charge is 0.0125 e. The minimum Gasteiger partial charge on any atom is -0.300 e. The molecule has 2 atom stereocenters. The average molecular weight is 222 g/mol. The van der Waals surface area contributed by atoms with E-state index >= 15 is 0 Å². The first-order valence-corrected chi connectivity index (χ1v) is 7.20. The summed E-state index contributed by atoms with van der Waals surface area (Å²) in [5, 5.41) is 0. The zero-order valence-corrected chi connectivity index (χ0v) is 10.9. The van der Waals surface area contributed by atoms with E-state index in [4.69, 9.17) is 0 Å². The van der Waals surface area contributed by atoms with Gasteiger partial charge in [0.15, 0.2) is 0 Å². The maximum Gasteiger partial charge on any atom is 0.0125 e. The summed E-state index contributed by atoms with van der Waals surface area (Å²) in [6, 6.07) is 2.73. The molecule has 2 nitrogen and oxygen atoms in total. The number of rotatable bonds is 1. The Bertz CT molecular complexity index is 231. The highest BCUT2D eigenvalue weighted by Gasteiger charge is 2.40. The number of hydrogen-bond donors (Lipinski definition) is 0. The number of fused-ring (bicyclic) bond motifs is 2. The van der Waals surface area contributed by atoms with Gasteiger partial charge in [0.1, 0.15) is 0 Å². The zero-order valence-electron chi connectivity index (χ0n) is 10.9. The minimum absolute atomic E-state index is 0.906. The second-order valence-corrected chi connectivity index (χ2v) is 6.39. The number of hydrogen-bond acceptors (Lipinski definition) is 2. The first kappa shape index (κ1) is 11.0. The lowest BCUT2D eigenvalue weighted by atomic mass is 9.92. The summed E-state index contributed by atoms with van der Waals surface area (Å²) >= 11 is 0. The summed E-state index contributed by atoms with van der Waals surface area (Å²) in [6.07, 6.45) is 8.68. The highest BCUT2D eigenvalue weighted by atomic mass is 15.2. The van der Waals surface area contributed by atoms with Crippen molar-refractivity contribution in [2.24, 2.45) is 5.92 Å². The third-order valence-electron chi connectivity index (χ3n) is 5.41. The number of nitrogens with zero attached hydrogens (tertiary/aromatic N) is 2. The van der Waals surface area contributed by atoms with Crippen molar-refractivity contribution in [2.75, 3.05) is 20.1 Å². The second-order valence-electron chi connectivity index (χ2n) is 6.39. The molecular formula is C14H26N2. The van der Waals surface area contributed by atoms with E-state index in [1.165, 1.54) is 51.6 Å². The molecule has 0 aromatic rings. The maximum absolute atomic E-state index is 2.80. The monoisotopic (exact) mass is 222 g/mol. The molecule has 3 rings (SSSR count). The normalized spacial score (nSPS) is 42.8. The third kappa shape index (κ3) is 1.91. The van der Waals surface area contributed by atoms with Crippen molar-refractivity contribution >= 4 is 0 Å². The van der Waals surface area contributed by atoms with Gasteiger partial charge in [-0.3, -0.25) is 0 Å². The van der Waals surface area contributed by atoms with E-state index in [0.29, 0.717) is 0 Å². The highest BCUT2D eigenvalue weighted by Crippen LogP contribution is 2.37. The minimum atomic E-state index is 0.906. The molecule has 0 N–H and O–H groups in total. The Morgan fingerprint density at radius 3 is 1.94 bits per heavy atom. The van der Waals surface area contributed by atoms with Gasteiger partial charge in [0.25, 0.3) is 0 Å². The van der Waals surface area contributed by atoms with Gasteiger partial charge in [-0.2, -0.15) is 0 Å².